The van der Waals surface area contributed by atoms with E-state index in [1.54, 1.807) is 12.3 Å². The zero-order chi connectivity index (χ0) is 26.4. The van der Waals surface area contributed by atoms with Crippen LogP contribution in [0.4, 0.5) is 0 Å². The van der Waals surface area contributed by atoms with Crippen LogP contribution >= 0.6 is 0 Å². The standard InChI is InChI=1S/C29H33NO7/c1-17(31)36-22-13-21(26(33)30-15-18-7-5-4-6-8-18)28(2)11-9-20-27(34)37-23(19-10-12-35-16-19)14-29(20,3)25(28)24(22)32/h4-8,10,12,16,20-23,25H,9,11,13-15H2,1-3H3,(H,30,33)/t20-,21-,22-,23-,25-,28-,29-/m0/s1. The number of Topliss-reactive ketones (excluding diaryl/α,β-unsaturated/α-hetero) is 1. The van der Waals surface area contributed by atoms with Crippen LogP contribution < -0.4 is 5.32 Å². The van der Waals surface area contributed by atoms with Gasteiger partial charge < -0.3 is 19.2 Å². The van der Waals surface area contributed by atoms with Crippen molar-refractivity contribution in [1.82, 2.24) is 5.32 Å². The van der Waals surface area contributed by atoms with E-state index in [1.165, 1.54) is 13.2 Å². The van der Waals surface area contributed by atoms with Gasteiger partial charge >= 0.3 is 11.9 Å². The molecule has 1 aromatic carbocycles. The van der Waals surface area contributed by atoms with Crippen LogP contribution in [0, 0.1) is 28.6 Å². The molecule has 1 aromatic heterocycles. The number of hydrogen-bond acceptors (Lipinski definition) is 7. The number of hydrogen-bond donors (Lipinski definition) is 1. The van der Waals surface area contributed by atoms with Crippen LogP contribution in [-0.4, -0.2) is 29.7 Å². The SMILES string of the molecule is CC(=O)O[C@H]1C[C@@H](C(=O)NCc2ccccc2)[C@]2(C)CC[C@H]3C(=O)O[C@H](c4ccoc4)C[C@]3(C)[C@H]2C1=O. The molecule has 2 aliphatic carbocycles. The molecule has 2 saturated carbocycles. The Hall–Kier alpha value is -3.42. The molecule has 196 valence electrons. The molecular formula is C29H33NO7. The van der Waals surface area contributed by atoms with E-state index < -0.39 is 46.8 Å². The van der Waals surface area contributed by atoms with E-state index >= 15 is 0 Å². The predicted molar refractivity (Wildman–Crippen MR) is 132 cm³/mol. The predicted octanol–water partition coefficient (Wildman–Crippen LogP) is 4.14. The average molecular weight is 508 g/mol. The summed E-state index contributed by atoms with van der Waals surface area (Å²) in [6.45, 7) is 5.57. The number of ether oxygens (including phenoxy) is 2. The van der Waals surface area contributed by atoms with Gasteiger partial charge in [0.15, 0.2) is 11.9 Å². The maximum atomic E-state index is 14.0. The van der Waals surface area contributed by atoms with Crippen molar-refractivity contribution >= 4 is 23.6 Å². The molecule has 1 amide bonds. The number of carbonyl (C=O) groups is 4. The lowest BCUT2D eigenvalue weighted by molar-refractivity contribution is -0.207. The van der Waals surface area contributed by atoms with E-state index in [4.69, 9.17) is 13.9 Å². The molecular weight excluding hydrogens is 474 g/mol. The van der Waals surface area contributed by atoms with E-state index in [0.717, 1.165) is 11.1 Å². The van der Waals surface area contributed by atoms with Crippen LogP contribution in [0.15, 0.2) is 53.3 Å². The number of fused-ring (bicyclic) bond motifs is 3. The third-order valence-electron chi connectivity index (χ3n) is 8.95. The summed E-state index contributed by atoms with van der Waals surface area (Å²) in [5.41, 5.74) is 0.211. The maximum Gasteiger partial charge on any atom is 0.310 e. The van der Waals surface area contributed by atoms with Crippen LogP contribution in [-0.2, 0) is 35.2 Å². The van der Waals surface area contributed by atoms with Gasteiger partial charge in [0.25, 0.3) is 0 Å². The van der Waals surface area contributed by atoms with Crippen molar-refractivity contribution < 1.29 is 33.1 Å². The number of carbonyl (C=O) groups excluding carboxylic acids is 4. The molecule has 3 aliphatic rings. The number of ketones is 1. The number of cyclic esters (lactones) is 1. The molecule has 2 heterocycles. The second kappa shape index (κ2) is 9.47. The number of benzene rings is 1. The number of amides is 1. The molecule has 0 bridgehead atoms. The minimum atomic E-state index is -1.04. The largest absolute Gasteiger partial charge is 0.472 e. The molecule has 0 spiro atoms. The fraction of sp³-hybridized carbons (Fsp3) is 0.517. The summed E-state index contributed by atoms with van der Waals surface area (Å²) in [7, 11) is 0. The summed E-state index contributed by atoms with van der Waals surface area (Å²) in [5, 5.41) is 3.05. The number of furan rings is 1. The van der Waals surface area contributed by atoms with Crippen molar-refractivity contribution in [3.63, 3.8) is 0 Å². The Bertz CT molecular complexity index is 1190. The zero-order valence-electron chi connectivity index (χ0n) is 21.4. The first-order valence-electron chi connectivity index (χ1n) is 12.9. The van der Waals surface area contributed by atoms with Crippen molar-refractivity contribution in [3.8, 4) is 0 Å². The Labute approximate surface area is 216 Å². The van der Waals surface area contributed by atoms with E-state index in [1.807, 2.05) is 44.2 Å². The first-order chi connectivity index (χ1) is 17.6. The summed E-state index contributed by atoms with van der Waals surface area (Å²) in [6.07, 6.45) is 3.07. The van der Waals surface area contributed by atoms with Gasteiger partial charge in [0.1, 0.15) is 6.10 Å². The summed E-state index contributed by atoms with van der Waals surface area (Å²) in [6, 6.07) is 11.4. The van der Waals surface area contributed by atoms with Gasteiger partial charge in [-0.05, 0) is 41.7 Å². The minimum absolute atomic E-state index is 0.127. The van der Waals surface area contributed by atoms with Crippen molar-refractivity contribution in [2.24, 2.45) is 28.6 Å². The molecule has 1 N–H and O–H groups in total. The zero-order valence-corrected chi connectivity index (χ0v) is 21.4. The smallest absolute Gasteiger partial charge is 0.310 e. The van der Waals surface area contributed by atoms with Crippen LogP contribution in [0.3, 0.4) is 0 Å². The van der Waals surface area contributed by atoms with E-state index in [2.05, 4.69) is 5.32 Å². The second-order valence-corrected chi connectivity index (χ2v) is 11.2. The fourth-order valence-electron chi connectivity index (χ4n) is 7.27. The van der Waals surface area contributed by atoms with E-state index in [9.17, 15) is 19.2 Å². The number of esters is 2. The lowest BCUT2D eigenvalue weighted by Crippen LogP contribution is -2.65. The molecule has 8 nitrogen and oxygen atoms in total. The minimum Gasteiger partial charge on any atom is -0.472 e. The molecule has 0 radical (unpaired) electrons. The van der Waals surface area contributed by atoms with E-state index in [-0.39, 0.29) is 24.1 Å². The van der Waals surface area contributed by atoms with Crippen LogP contribution in [0.5, 0.6) is 0 Å². The molecule has 37 heavy (non-hydrogen) atoms. The van der Waals surface area contributed by atoms with Gasteiger partial charge in [0, 0.05) is 37.3 Å². The number of nitrogens with one attached hydrogen (secondary N) is 1. The summed E-state index contributed by atoms with van der Waals surface area (Å²) in [5.74, 6) is -3.00. The molecule has 1 aliphatic heterocycles. The molecule has 7 atom stereocenters. The molecule has 0 unspecified atom stereocenters. The average Bonchev–Trinajstić information content (AvgIpc) is 3.39. The second-order valence-electron chi connectivity index (χ2n) is 11.2. The highest BCUT2D eigenvalue weighted by molar-refractivity contribution is 5.93. The first-order valence-corrected chi connectivity index (χ1v) is 12.9. The van der Waals surface area contributed by atoms with Crippen molar-refractivity contribution in [2.75, 3.05) is 0 Å². The molecule has 1 saturated heterocycles. The van der Waals surface area contributed by atoms with Crippen molar-refractivity contribution in [2.45, 2.75) is 65.2 Å². The van der Waals surface area contributed by atoms with Crippen molar-refractivity contribution in [1.29, 1.82) is 0 Å². The first kappa shape index (κ1) is 25.2. The highest BCUT2D eigenvalue weighted by Gasteiger charge is 2.67. The highest BCUT2D eigenvalue weighted by Crippen LogP contribution is 2.65. The number of rotatable bonds is 5. The summed E-state index contributed by atoms with van der Waals surface area (Å²) >= 11 is 0. The topological polar surface area (TPSA) is 112 Å². The lowest BCUT2D eigenvalue weighted by atomic mass is 9.43. The van der Waals surface area contributed by atoms with Crippen LogP contribution in [0.25, 0.3) is 0 Å². The maximum absolute atomic E-state index is 14.0. The normalized spacial score (nSPS) is 35.1. The molecule has 2 aromatic rings. The monoisotopic (exact) mass is 507 g/mol. The Balaban J connectivity index is 1.50. The molecule has 5 rings (SSSR count). The van der Waals surface area contributed by atoms with E-state index in [0.29, 0.717) is 25.8 Å². The Morgan fingerprint density at radius 1 is 1.11 bits per heavy atom. The molecule has 8 heteroatoms. The van der Waals surface area contributed by atoms with Gasteiger partial charge in [-0.1, -0.05) is 44.2 Å². The van der Waals surface area contributed by atoms with Gasteiger partial charge in [0.05, 0.1) is 18.4 Å². The Morgan fingerprint density at radius 3 is 2.54 bits per heavy atom. The van der Waals surface area contributed by atoms with Crippen LogP contribution in [0.1, 0.15) is 63.7 Å². The van der Waals surface area contributed by atoms with Crippen LogP contribution in [0.2, 0.25) is 0 Å². The third-order valence-corrected chi connectivity index (χ3v) is 8.95. The Morgan fingerprint density at radius 2 is 1.86 bits per heavy atom. The summed E-state index contributed by atoms with van der Waals surface area (Å²) < 4.78 is 16.5. The fourth-order valence-corrected chi connectivity index (χ4v) is 7.27. The van der Waals surface area contributed by atoms with Gasteiger partial charge in [0.2, 0.25) is 5.91 Å². The summed E-state index contributed by atoms with van der Waals surface area (Å²) in [4.78, 5) is 52.9. The van der Waals surface area contributed by atoms with Gasteiger partial charge in [-0.2, -0.15) is 0 Å². The van der Waals surface area contributed by atoms with Crippen molar-refractivity contribution in [3.05, 3.63) is 60.1 Å². The highest BCUT2D eigenvalue weighted by atomic mass is 16.6. The molecule has 3 fully saturated rings. The third kappa shape index (κ3) is 4.36. The quantitative estimate of drug-likeness (QED) is 0.605. The Kier molecular flexibility index (Phi) is 6.46. The lowest BCUT2D eigenvalue weighted by Gasteiger charge is -2.61. The van der Waals surface area contributed by atoms with Gasteiger partial charge in [-0.25, -0.2) is 0 Å². The van der Waals surface area contributed by atoms with Gasteiger partial charge in [-0.3, -0.25) is 19.2 Å². The van der Waals surface area contributed by atoms with Gasteiger partial charge in [-0.15, -0.1) is 0 Å².